The summed E-state index contributed by atoms with van der Waals surface area (Å²) in [4.78, 5) is 15.7. The number of hydrogen-bond donors (Lipinski definition) is 2. The van der Waals surface area contributed by atoms with Crippen LogP contribution < -0.4 is 10.9 Å². The fraction of sp³-hybridized carbons (Fsp3) is 0.294. The fourth-order valence-electron chi connectivity index (χ4n) is 2.21. The normalized spacial score (nSPS) is 12.1. The lowest BCUT2D eigenvalue weighted by Crippen LogP contribution is -2.49. The van der Waals surface area contributed by atoms with Gasteiger partial charge in [-0.15, -0.1) is 0 Å². The number of aromatic nitrogens is 1. The molecule has 0 radical (unpaired) electrons. The van der Waals surface area contributed by atoms with Crippen molar-refractivity contribution in [1.29, 1.82) is 0 Å². The van der Waals surface area contributed by atoms with Crippen molar-refractivity contribution >= 4 is 5.91 Å². The van der Waals surface area contributed by atoms with Crippen molar-refractivity contribution in [1.82, 2.24) is 15.8 Å². The average molecular weight is 337 g/mol. The van der Waals surface area contributed by atoms with Crippen molar-refractivity contribution in [3.8, 4) is 0 Å². The Morgan fingerprint density at radius 1 is 1.17 bits per heavy atom. The summed E-state index contributed by atoms with van der Waals surface area (Å²) in [5.41, 5.74) is 4.84. The van der Waals surface area contributed by atoms with Gasteiger partial charge in [-0.1, -0.05) is 29.8 Å². The first-order valence-electron chi connectivity index (χ1n) is 7.27. The van der Waals surface area contributed by atoms with Gasteiger partial charge in [-0.05, 0) is 32.4 Å². The first-order valence-corrected chi connectivity index (χ1v) is 7.27. The first kappa shape index (κ1) is 17.9. The third-order valence-electron chi connectivity index (χ3n) is 3.60. The highest BCUT2D eigenvalue weighted by molar-refractivity contribution is 5.95. The summed E-state index contributed by atoms with van der Waals surface area (Å²) >= 11 is 0. The van der Waals surface area contributed by atoms with Gasteiger partial charge in [0.2, 0.25) is 0 Å². The molecule has 24 heavy (non-hydrogen) atoms. The number of aryl methyl sites for hydroxylation is 1. The van der Waals surface area contributed by atoms with E-state index in [0.29, 0.717) is 0 Å². The van der Waals surface area contributed by atoms with Crippen LogP contribution in [0, 0.1) is 6.92 Å². The largest absolute Gasteiger partial charge is 0.417 e. The molecule has 1 amide bonds. The maximum atomic E-state index is 13.0. The van der Waals surface area contributed by atoms with Crippen LogP contribution in [-0.4, -0.2) is 10.9 Å². The van der Waals surface area contributed by atoms with Crippen LogP contribution in [0.15, 0.2) is 42.7 Å². The van der Waals surface area contributed by atoms with Gasteiger partial charge in [0.25, 0.3) is 5.91 Å². The van der Waals surface area contributed by atoms with Crippen LogP contribution >= 0.6 is 0 Å². The zero-order chi connectivity index (χ0) is 18.0. The minimum Gasteiger partial charge on any atom is -0.287 e. The van der Waals surface area contributed by atoms with Crippen molar-refractivity contribution < 1.29 is 18.0 Å². The average Bonchev–Trinajstić information content (AvgIpc) is 2.52. The molecule has 0 aliphatic carbocycles. The highest BCUT2D eigenvalue weighted by Gasteiger charge is 2.35. The molecule has 1 heterocycles. The summed E-state index contributed by atoms with van der Waals surface area (Å²) in [6.07, 6.45) is -2.72. The van der Waals surface area contributed by atoms with Crippen LogP contribution in [0.5, 0.6) is 0 Å². The lowest BCUT2D eigenvalue weighted by Gasteiger charge is -2.27. The van der Waals surface area contributed by atoms with Gasteiger partial charge in [-0.25, -0.2) is 5.43 Å². The molecule has 0 aliphatic rings. The number of carbonyl (C=O) groups excluding carboxylic acids is 1. The topological polar surface area (TPSA) is 54.0 Å². The molecule has 4 nitrogen and oxygen atoms in total. The molecular weight excluding hydrogens is 319 g/mol. The Morgan fingerprint density at radius 3 is 2.50 bits per heavy atom. The number of nitrogens with one attached hydrogen (secondary N) is 2. The summed E-state index contributed by atoms with van der Waals surface area (Å²) in [6.45, 7) is 5.56. The van der Waals surface area contributed by atoms with E-state index in [0.717, 1.165) is 29.6 Å². The number of rotatable bonds is 4. The smallest absolute Gasteiger partial charge is 0.287 e. The SMILES string of the molecule is Cc1cccc(C(C)(C)NNC(=O)c2cnccc2C(F)(F)F)c1. The predicted octanol–water partition coefficient (Wildman–Crippen LogP) is 3.58. The van der Waals surface area contributed by atoms with Gasteiger partial charge in [0.1, 0.15) is 0 Å². The highest BCUT2D eigenvalue weighted by atomic mass is 19.4. The van der Waals surface area contributed by atoms with Crippen molar-refractivity contribution in [3.05, 3.63) is 65.0 Å². The second-order valence-corrected chi connectivity index (χ2v) is 5.99. The minimum absolute atomic E-state index is 0.530. The molecule has 1 aromatic carbocycles. The lowest BCUT2D eigenvalue weighted by atomic mass is 9.94. The molecule has 0 bridgehead atoms. The predicted molar refractivity (Wildman–Crippen MR) is 84.0 cm³/mol. The van der Waals surface area contributed by atoms with E-state index in [1.165, 1.54) is 0 Å². The summed E-state index contributed by atoms with van der Waals surface area (Å²) < 4.78 is 38.9. The maximum Gasteiger partial charge on any atom is 0.417 e. The van der Waals surface area contributed by atoms with Gasteiger partial charge >= 0.3 is 6.18 Å². The molecule has 0 unspecified atom stereocenters. The Balaban J connectivity index is 2.17. The second kappa shape index (κ2) is 6.60. The van der Waals surface area contributed by atoms with E-state index in [1.54, 1.807) is 0 Å². The molecule has 0 aliphatic heterocycles. The summed E-state index contributed by atoms with van der Waals surface area (Å²) in [7, 11) is 0. The van der Waals surface area contributed by atoms with Crippen LogP contribution in [0.1, 0.15) is 40.9 Å². The van der Waals surface area contributed by atoms with Crippen molar-refractivity contribution in [2.24, 2.45) is 0 Å². The van der Waals surface area contributed by atoms with Crippen LogP contribution in [0.2, 0.25) is 0 Å². The molecule has 7 heteroatoms. The third kappa shape index (κ3) is 4.11. The van der Waals surface area contributed by atoms with E-state index in [-0.39, 0.29) is 0 Å². The van der Waals surface area contributed by atoms with Gasteiger partial charge in [0.15, 0.2) is 0 Å². The van der Waals surface area contributed by atoms with E-state index in [2.05, 4.69) is 15.8 Å². The quantitative estimate of drug-likeness (QED) is 0.839. The Kier molecular flexibility index (Phi) is 4.94. The highest BCUT2D eigenvalue weighted by Crippen LogP contribution is 2.31. The minimum atomic E-state index is -4.62. The number of benzene rings is 1. The number of halogens is 3. The van der Waals surface area contributed by atoms with Gasteiger partial charge in [0.05, 0.1) is 16.7 Å². The summed E-state index contributed by atoms with van der Waals surface area (Å²) in [5, 5.41) is 0. The third-order valence-corrected chi connectivity index (χ3v) is 3.60. The monoisotopic (exact) mass is 337 g/mol. The summed E-state index contributed by atoms with van der Waals surface area (Å²) in [5.74, 6) is -0.892. The summed E-state index contributed by atoms with van der Waals surface area (Å²) in [6, 6.07) is 8.39. The molecule has 0 spiro atoms. The molecule has 0 saturated heterocycles. The first-order chi connectivity index (χ1) is 11.1. The number of alkyl halides is 3. The van der Waals surface area contributed by atoms with E-state index < -0.39 is 28.7 Å². The number of hydrazine groups is 1. The fourth-order valence-corrected chi connectivity index (χ4v) is 2.21. The van der Waals surface area contributed by atoms with E-state index in [9.17, 15) is 18.0 Å². The van der Waals surface area contributed by atoms with E-state index in [1.807, 2.05) is 45.0 Å². The van der Waals surface area contributed by atoms with Crippen molar-refractivity contribution in [2.45, 2.75) is 32.5 Å². The van der Waals surface area contributed by atoms with Gasteiger partial charge in [0, 0.05) is 12.4 Å². The molecule has 2 rings (SSSR count). The van der Waals surface area contributed by atoms with Crippen molar-refractivity contribution in [2.75, 3.05) is 0 Å². The Labute approximate surface area is 138 Å². The van der Waals surface area contributed by atoms with E-state index >= 15 is 0 Å². The van der Waals surface area contributed by atoms with Crippen LogP contribution in [0.4, 0.5) is 13.2 Å². The lowest BCUT2D eigenvalue weighted by molar-refractivity contribution is -0.138. The van der Waals surface area contributed by atoms with E-state index in [4.69, 9.17) is 0 Å². The van der Waals surface area contributed by atoms with Crippen molar-refractivity contribution in [3.63, 3.8) is 0 Å². The maximum absolute atomic E-state index is 13.0. The number of carbonyl (C=O) groups is 1. The molecule has 128 valence electrons. The molecular formula is C17H18F3N3O. The molecule has 2 N–H and O–H groups in total. The number of nitrogens with zero attached hydrogens (tertiary/aromatic N) is 1. The Morgan fingerprint density at radius 2 is 1.88 bits per heavy atom. The van der Waals surface area contributed by atoms with Gasteiger partial charge in [-0.2, -0.15) is 13.2 Å². The molecule has 0 saturated carbocycles. The van der Waals surface area contributed by atoms with Crippen LogP contribution in [0.25, 0.3) is 0 Å². The molecule has 0 fully saturated rings. The van der Waals surface area contributed by atoms with Crippen LogP contribution in [-0.2, 0) is 11.7 Å². The number of pyridine rings is 1. The Hall–Kier alpha value is -2.41. The Bertz CT molecular complexity index is 742. The van der Waals surface area contributed by atoms with Gasteiger partial charge in [-0.3, -0.25) is 15.2 Å². The number of amides is 1. The van der Waals surface area contributed by atoms with Gasteiger partial charge < -0.3 is 0 Å². The number of hydrogen-bond acceptors (Lipinski definition) is 3. The van der Waals surface area contributed by atoms with Crippen LogP contribution in [0.3, 0.4) is 0 Å². The second-order valence-electron chi connectivity index (χ2n) is 5.99. The molecule has 1 aromatic heterocycles. The zero-order valence-corrected chi connectivity index (χ0v) is 13.5. The molecule has 2 aromatic rings. The zero-order valence-electron chi connectivity index (χ0n) is 13.5. The molecule has 0 atom stereocenters. The standard InChI is InChI=1S/C17H18F3N3O/c1-11-5-4-6-12(9-11)16(2,3)23-22-15(24)13-10-21-8-7-14(13)17(18,19)20/h4-10,23H,1-3H3,(H,22,24).